The summed E-state index contributed by atoms with van der Waals surface area (Å²) in [5, 5.41) is 19.6. The highest BCUT2D eigenvalue weighted by Gasteiger charge is 2.18. The standard InChI is InChI=1S/C24H19N3O2S2/c28-22(26-21-7-3-4-11-25-21)15-31-24-19-6-2-1-5-18(19)23(29)27(24)14-16-8-9-20-17(13-16)10-12-30-20/h1-13,29H,14-15H2,(H,25,26,28). The van der Waals surface area contributed by atoms with Crippen LogP contribution < -0.4 is 5.32 Å². The fourth-order valence-corrected chi connectivity index (χ4v) is 5.35. The molecule has 3 heterocycles. The van der Waals surface area contributed by atoms with E-state index in [0.717, 1.165) is 21.4 Å². The number of hydrogen-bond acceptors (Lipinski definition) is 5. The number of fused-ring (bicyclic) bond motifs is 2. The maximum absolute atomic E-state index is 12.5. The summed E-state index contributed by atoms with van der Waals surface area (Å²) in [6.45, 7) is 0.524. The molecule has 154 valence electrons. The molecule has 0 aliphatic carbocycles. The summed E-state index contributed by atoms with van der Waals surface area (Å²) < 4.78 is 3.13. The molecule has 0 unspecified atom stereocenters. The summed E-state index contributed by atoms with van der Waals surface area (Å²) in [6.07, 6.45) is 1.64. The molecule has 3 aromatic heterocycles. The van der Waals surface area contributed by atoms with Crippen LogP contribution >= 0.6 is 23.1 Å². The van der Waals surface area contributed by atoms with Crippen LogP contribution in [0.5, 0.6) is 5.88 Å². The average Bonchev–Trinajstić information content (AvgIpc) is 3.36. The fraction of sp³-hybridized carbons (Fsp3) is 0.0833. The lowest BCUT2D eigenvalue weighted by Crippen LogP contribution is -2.15. The summed E-state index contributed by atoms with van der Waals surface area (Å²) in [4.78, 5) is 16.6. The summed E-state index contributed by atoms with van der Waals surface area (Å²) in [7, 11) is 0. The Kier molecular flexibility index (Phi) is 5.36. The van der Waals surface area contributed by atoms with Gasteiger partial charge in [0.05, 0.1) is 17.3 Å². The molecule has 5 nitrogen and oxygen atoms in total. The summed E-state index contributed by atoms with van der Waals surface area (Å²) >= 11 is 3.13. The van der Waals surface area contributed by atoms with Crippen molar-refractivity contribution in [3.8, 4) is 5.88 Å². The maximum atomic E-state index is 12.5. The van der Waals surface area contributed by atoms with Gasteiger partial charge in [-0.1, -0.05) is 42.1 Å². The molecule has 0 saturated heterocycles. The Balaban J connectivity index is 1.44. The molecule has 0 spiro atoms. The number of hydrogen-bond donors (Lipinski definition) is 2. The third-order valence-corrected chi connectivity index (χ3v) is 7.05. The molecular formula is C24H19N3O2S2. The first-order chi connectivity index (χ1) is 15.2. The van der Waals surface area contributed by atoms with Crippen LogP contribution in [0.4, 0.5) is 5.82 Å². The van der Waals surface area contributed by atoms with E-state index in [4.69, 9.17) is 0 Å². The van der Waals surface area contributed by atoms with E-state index in [0.29, 0.717) is 12.4 Å². The number of aromatic hydroxyl groups is 1. The van der Waals surface area contributed by atoms with Gasteiger partial charge in [0.15, 0.2) is 5.88 Å². The van der Waals surface area contributed by atoms with Gasteiger partial charge in [-0.05, 0) is 52.7 Å². The lowest BCUT2D eigenvalue weighted by atomic mass is 10.1. The van der Waals surface area contributed by atoms with E-state index in [1.807, 2.05) is 34.9 Å². The van der Waals surface area contributed by atoms with Gasteiger partial charge < -0.3 is 15.0 Å². The van der Waals surface area contributed by atoms with Crippen LogP contribution in [0, 0.1) is 0 Å². The third-order valence-electron chi connectivity index (χ3n) is 5.03. The number of thiophene rings is 1. The van der Waals surface area contributed by atoms with Gasteiger partial charge >= 0.3 is 0 Å². The minimum absolute atomic E-state index is 0.139. The zero-order chi connectivity index (χ0) is 21.2. The van der Waals surface area contributed by atoms with Crippen molar-refractivity contribution in [3.05, 3.63) is 83.9 Å². The van der Waals surface area contributed by atoms with Crippen molar-refractivity contribution in [2.24, 2.45) is 0 Å². The van der Waals surface area contributed by atoms with Gasteiger partial charge in [0.1, 0.15) is 5.82 Å². The largest absolute Gasteiger partial charge is 0.494 e. The van der Waals surface area contributed by atoms with Gasteiger partial charge in [-0.3, -0.25) is 4.79 Å². The van der Waals surface area contributed by atoms with E-state index in [9.17, 15) is 9.90 Å². The molecule has 0 bridgehead atoms. The zero-order valence-electron chi connectivity index (χ0n) is 16.5. The second kappa shape index (κ2) is 8.45. The number of carbonyl (C=O) groups excluding carboxylic acids is 1. The minimum Gasteiger partial charge on any atom is -0.494 e. The Labute approximate surface area is 187 Å². The van der Waals surface area contributed by atoms with Crippen molar-refractivity contribution in [1.29, 1.82) is 0 Å². The van der Waals surface area contributed by atoms with E-state index < -0.39 is 0 Å². The fourth-order valence-electron chi connectivity index (χ4n) is 3.60. The number of nitrogens with zero attached hydrogens (tertiary/aromatic N) is 2. The van der Waals surface area contributed by atoms with Gasteiger partial charge in [0.25, 0.3) is 0 Å². The number of rotatable bonds is 6. The molecule has 0 aliphatic heterocycles. The highest BCUT2D eigenvalue weighted by atomic mass is 32.2. The second-order valence-electron chi connectivity index (χ2n) is 7.11. The van der Waals surface area contributed by atoms with Gasteiger partial charge in [-0.2, -0.15) is 0 Å². The summed E-state index contributed by atoms with van der Waals surface area (Å²) in [5.41, 5.74) is 1.10. The molecule has 0 saturated carbocycles. The van der Waals surface area contributed by atoms with E-state index in [2.05, 4.69) is 39.9 Å². The quantitative estimate of drug-likeness (QED) is 0.327. The molecular weight excluding hydrogens is 426 g/mol. The molecule has 31 heavy (non-hydrogen) atoms. The SMILES string of the molecule is O=C(CSc1c2ccccc2c(O)n1Cc1ccc2sccc2c1)Nc1ccccn1. The Morgan fingerprint density at radius 3 is 2.74 bits per heavy atom. The van der Waals surface area contributed by atoms with E-state index >= 15 is 0 Å². The maximum Gasteiger partial charge on any atom is 0.235 e. The highest BCUT2D eigenvalue weighted by molar-refractivity contribution is 8.00. The predicted octanol–water partition coefficient (Wildman–Crippen LogP) is 5.74. The zero-order valence-corrected chi connectivity index (χ0v) is 18.1. The van der Waals surface area contributed by atoms with Crippen molar-refractivity contribution in [2.45, 2.75) is 11.6 Å². The van der Waals surface area contributed by atoms with Crippen LogP contribution in [-0.2, 0) is 11.3 Å². The van der Waals surface area contributed by atoms with Gasteiger partial charge in [-0.15, -0.1) is 11.3 Å². The highest BCUT2D eigenvalue weighted by Crippen LogP contribution is 2.38. The number of pyridine rings is 1. The topological polar surface area (TPSA) is 67.2 Å². The average molecular weight is 446 g/mol. The van der Waals surface area contributed by atoms with Crippen molar-refractivity contribution < 1.29 is 9.90 Å². The number of carbonyl (C=O) groups is 1. The van der Waals surface area contributed by atoms with E-state index in [1.54, 1.807) is 29.7 Å². The summed E-state index contributed by atoms with van der Waals surface area (Å²) in [5.74, 6) is 0.821. The molecule has 0 radical (unpaired) electrons. The van der Waals surface area contributed by atoms with Crippen LogP contribution in [-0.4, -0.2) is 26.3 Å². The Morgan fingerprint density at radius 1 is 1.06 bits per heavy atom. The summed E-state index contributed by atoms with van der Waals surface area (Å²) in [6, 6.07) is 21.6. The van der Waals surface area contributed by atoms with Crippen molar-refractivity contribution in [1.82, 2.24) is 9.55 Å². The number of amides is 1. The lowest BCUT2D eigenvalue weighted by Gasteiger charge is -2.11. The number of thioether (sulfide) groups is 1. The first-order valence-electron chi connectivity index (χ1n) is 9.79. The number of aromatic nitrogens is 2. The Hall–Kier alpha value is -3.29. The number of nitrogens with one attached hydrogen (secondary N) is 1. The first-order valence-corrected chi connectivity index (χ1v) is 11.7. The van der Waals surface area contributed by atoms with Crippen molar-refractivity contribution in [2.75, 3.05) is 11.1 Å². The Bertz CT molecular complexity index is 1380. The monoisotopic (exact) mass is 445 g/mol. The normalized spacial score (nSPS) is 11.2. The van der Waals surface area contributed by atoms with Crippen LogP contribution in [0.15, 0.2) is 83.3 Å². The molecule has 7 heteroatoms. The number of anilines is 1. The van der Waals surface area contributed by atoms with Crippen LogP contribution in [0.2, 0.25) is 0 Å². The van der Waals surface area contributed by atoms with Crippen LogP contribution in [0.3, 0.4) is 0 Å². The van der Waals surface area contributed by atoms with Crippen LogP contribution in [0.1, 0.15) is 5.56 Å². The predicted molar refractivity (Wildman–Crippen MR) is 128 cm³/mol. The number of benzene rings is 2. The van der Waals surface area contributed by atoms with E-state index in [-0.39, 0.29) is 17.5 Å². The molecule has 2 aromatic carbocycles. The molecule has 2 N–H and O–H groups in total. The first kappa shape index (κ1) is 19.7. The van der Waals surface area contributed by atoms with Gasteiger partial charge in [-0.25, -0.2) is 4.98 Å². The van der Waals surface area contributed by atoms with Crippen molar-refractivity contribution in [3.63, 3.8) is 0 Å². The van der Waals surface area contributed by atoms with Crippen LogP contribution in [0.25, 0.3) is 20.9 Å². The lowest BCUT2D eigenvalue weighted by molar-refractivity contribution is -0.113. The third kappa shape index (κ3) is 4.02. The van der Waals surface area contributed by atoms with Gasteiger partial charge in [0, 0.05) is 21.7 Å². The molecule has 5 aromatic rings. The Morgan fingerprint density at radius 2 is 1.90 bits per heavy atom. The minimum atomic E-state index is -0.139. The van der Waals surface area contributed by atoms with E-state index in [1.165, 1.54) is 21.8 Å². The smallest absolute Gasteiger partial charge is 0.235 e. The second-order valence-corrected chi connectivity index (χ2v) is 9.02. The molecule has 5 rings (SSSR count). The van der Waals surface area contributed by atoms with Gasteiger partial charge in [0.2, 0.25) is 5.91 Å². The molecule has 0 atom stereocenters. The molecule has 0 fully saturated rings. The molecule has 1 amide bonds. The molecule has 0 aliphatic rings. The van der Waals surface area contributed by atoms with Crippen molar-refractivity contribution >= 4 is 55.7 Å².